The molecular formula is C35H38N8O8. The first-order valence-electron chi connectivity index (χ1n) is 16.2. The lowest BCUT2D eigenvalue weighted by molar-refractivity contribution is -0.116. The number of methoxy groups -OCH3 is 2. The smallest absolute Gasteiger partial charge is 0.354 e. The van der Waals surface area contributed by atoms with Gasteiger partial charge in [-0.05, 0) is 37.1 Å². The fraction of sp³-hybridized carbons (Fsp3) is 0.314. The number of ether oxygens (including phenoxy) is 3. The summed E-state index contributed by atoms with van der Waals surface area (Å²) in [4.78, 5) is 70.3. The lowest BCUT2D eigenvalue weighted by Crippen LogP contribution is -2.35. The SMILES string of the molecule is COC(=O)c1cc(NC(=O)c2cc(NC(=O)c3cc(NC(=O)CCOc4cc5c(cc4OC)C(=O)N4CCC[C@H]4C=N5)cn3C)cn2C)cn1C. The third kappa shape index (κ3) is 7.20. The number of nitrogens with zero attached hydrogens (tertiary/aromatic N) is 5. The van der Waals surface area contributed by atoms with Gasteiger partial charge in [0.15, 0.2) is 11.5 Å². The van der Waals surface area contributed by atoms with Gasteiger partial charge in [-0.3, -0.25) is 24.2 Å². The Hall–Kier alpha value is -6.32. The van der Waals surface area contributed by atoms with Crippen molar-refractivity contribution in [2.45, 2.75) is 25.3 Å². The van der Waals surface area contributed by atoms with Gasteiger partial charge in [0.2, 0.25) is 5.91 Å². The molecule has 1 saturated heterocycles. The van der Waals surface area contributed by atoms with E-state index < -0.39 is 17.8 Å². The Bertz CT molecular complexity index is 2070. The molecule has 6 rings (SSSR count). The van der Waals surface area contributed by atoms with Crippen LogP contribution in [0, 0.1) is 0 Å². The van der Waals surface area contributed by atoms with Crippen molar-refractivity contribution in [3.05, 3.63) is 71.6 Å². The maximum absolute atomic E-state index is 13.2. The van der Waals surface area contributed by atoms with Gasteiger partial charge in [0, 0.05) is 58.6 Å². The van der Waals surface area contributed by atoms with E-state index in [0.717, 1.165) is 12.8 Å². The lowest BCUT2D eigenvalue weighted by Gasteiger charge is -2.20. The maximum Gasteiger partial charge on any atom is 0.354 e. The molecule has 0 unspecified atom stereocenters. The van der Waals surface area contributed by atoms with Gasteiger partial charge in [-0.15, -0.1) is 0 Å². The molecule has 3 N–H and O–H groups in total. The molecule has 266 valence electrons. The van der Waals surface area contributed by atoms with Crippen molar-refractivity contribution in [1.82, 2.24) is 18.6 Å². The first kappa shape index (κ1) is 34.5. The van der Waals surface area contributed by atoms with Gasteiger partial charge in [0.25, 0.3) is 17.7 Å². The average molecular weight is 699 g/mol. The Morgan fingerprint density at radius 3 is 2.00 bits per heavy atom. The van der Waals surface area contributed by atoms with Crippen LogP contribution < -0.4 is 25.4 Å². The van der Waals surface area contributed by atoms with Crippen LogP contribution in [0.4, 0.5) is 22.7 Å². The second-order valence-corrected chi connectivity index (χ2v) is 12.2. The second-order valence-electron chi connectivity index (χ2n) is 12.2. The molecule has 1 fully saturated rings. The van der Waals surface area contributed by atoms with Crippen molar-refractivity contribution in [2.24, 2.45) is 26.1 Å². The number of rotatable bonds is 11. The number of hydrogen-bond acceptors (Lipinski definition) is 9. The Labute approximate surface area is 293 Å². The molecule has 1 atom stereocenters. The van der Waals surface area contributed by atoms with E-state index in [1.165, 1.54) is 32.4 Å². The minimum Gasteiger partial charge on any atom is -0.493 e. The molecule has 16 heteroatoms. The summed E-state index contributed by atoms with van der Waals surface area (Å²) < 4.78 is 20.8. The number of amides is 4. The predicted octanol–water partition coefficient (Wildman–Crippen LogP) is 3.73. The number of fused-ring (bicyclic) bond motifs is 2. The van der Waals surface area contributed by atoms with Crippen LogP contribution in [0.5, 0.6) is 11.5 Å². The number of esters is 1. The van der Waals surface area contributed by atoms with Crippen LogP contribution in [0.25, 0.3) is 0 Å². The second kappa shape index (κ2) is 14.3. The molecule has 0 radical (unpaired) electrons. The summed E-state index contributed by atoms with van der Waals surface area (Å²) in [6.45, 7) is 0.708. The van der Waals surface area contributed by atoms with Crippen LogP contribution in [-0.2, 0) is 30.7 Å². The zero-order valence-electron chi connectivity index (χ0n) is 28.8. The first-order chi connectivity index (χ1) is 24.4. The van der Waals surface area contributed by atoms with Crippen LogP contribution in [0.2, 0.25) is 0 Å². The highest BCUT2D eigenvalue weighted by Gasteiger charge is 2.32. The minimum absolute atomic E-state index is 0.00342. The molecule has 0 spiro atoms. The molecule has 2 aliphatic heterocycles. The third-order valence-corrected chi connectivity index (χ3v) is 8.72. The van der Waals surface area contributed by atoms with Gasteiger partial charge in [0.05, 0.1) is 61.6 Å². The van der Waals surface area contributed by atoms with E-state index in [4.69, 9.17) is 14.2 Å². The zero-order valence-corrected chi connectivity index (χ0v) is 28.8. The van der Waals surface area contributed by atoms with E-state index in [1.54, 1.807) is 71.8 Å². The summed E-state index contributed by atoms with van der Waals surface area (Å²) in [5.41, 5.74) is 2.93. The molecule has 4 aromatic rings. The average Bonchev–Trinajstić information content (AvgIpc) is 3.88. The molecule has 2 aliphatic rings. The first-order valence-corrected chi connectivity index (χ1v) is 16.2. The zero-order chi connectivity index (χ0) is 36.4. The maximum atomic E-state index is 13.2. The van der Waals surface area contributed by atoms with Crippen molar-refractivity contribution in [2.75, 3.05) is 43.3 Å². The minimum atomic E-state index is -0.534. The summed E-state index contributed by atoms with van der Waals surface area (Å²) in [5, 5.41) is 8.30. The highest BCUT2D eigenvalue weighted by atomic mass is 16.5. The standard InChI is InChI=1S/C35H38N8O8/c1-40-17-20(37-31(44)8-10-51-30-15-25-24(14-29(30)49-4)34(47)43-9-6-7-23(43)16-36-25)11-26(40)32(45)38-21-12-27(41(2)18-21)33(46)39-22-13-28(35(48)50-5)42(3)19-22/h11-19,23H,6-10H2,1-5H3,(H,37,44)(H,38,45)(H,39,46)/t23-/m0/s1. The lowest BCUT2D eigenvalue weighted by atomic mass is 10.1. The predicted molar refractivity (Wildman–Crippen MR) is 187 cm³/mol. The van der Waals surface area contributed by atoms with E-state index in [9.17, 15) is 24.0 Å². The molecule has 4 amide bonds. The fourth-order valence-electron chi connectivity index (χ4n) is 6.15. The Balaban J connectivity index is 1.03. The molecule has 0 saturated carbocycles. The van der Waals surface area contributed by atoms with E-state index in [-0.39, 0.29) is 48.0 Å². The number of anilines is 3. The molecule has 1 aromatic carbocycles. The number of carbonyl (C=O) groups excluding carboxylic acids is 5. The Morgan fingerprint density at radius 2 is 1.39 bits per heavy atom. The van der Waals surface area contributed by atoms with Crippen LogP contribution in [0.15, 0.2) is 53.9 Å². The molecule has 51 heavy (non-hydrogen) atoms. The highest BCUT2D eigenvalue weighted by molar-refractivity contribution is 6.08. The molecule has 3 aromatic heterocycles. The number of aliphatic imine (C=N–C) groups is 1. The number of aryl methyl sites for hydroxylation is 3. The summed E-state index contributed by atoms with van der Waals surface area (Å²) in [7, 11) is 7.75. The van der Waals surface area contributed by atoms with Gasteiger partial charge in [-0.1, -0.05) is 0 Å². The molecule has 0 aliphatic carbocycles. The topological polar surface area (TPSA) is 180 Å². The van der Waals surface area contributed by atoms with Gasteiger partial charge in [0.1, 0.15) is 17.1 Å². The van der Waals surface area contributed by atoms with Crippen molar-refractivity contribution in [1.29, 1.82) is 0 Å². The van der Waals surface area contributed by atoms with Crippen molar-refractivity contribution in [3.8, 4) is 11.5 Å². The van der Waals surface area contributed by atoms with E-state index in [1.807, 2.05) is 4.90 Å². The summed E-state index contributed by atoms with van der Waals surface area (Å²) in [6.07, 6.45) is 8.39. The van der Waals surface area contributed by atoms with Crippen molar-refractivity contribution >= 4 is 58.6 Å². The molecule has 0 bridgehead atoms. The number of benzene rings is 1. The summed E-state index contributed by atoms with van der Waals surface area (Å²) in [6, 6.07) is 7.82. The normalized spacial score (nSPS) is 14.7. The number of nitrogens with one attached hydrogen (secondary N) is 3. The van der Waals surface area contributed by atoms with Crippen LogP contribution in [0.3, 0.4) is 0 Å². The van der Waals surface area contributed by atoms with Crippen molar-refractivity contribution in [3.63, 3.8) is 0 Å². The van der Waals surface area contributed by atoms with Crippen LogP contribution >= 0.6 is 0 Å². The fourth-order valence-corrected chi connectivity index (χ4v) is 6.15. The molecule has 16 nitrogen and oxygen atoms in total. The quantitative estimate of drug-likeness (QED) is 0.198. The Morgan fingerprint density at radius 1 is 0.804 bits per heavy atom. The van der Waals surface area contributed by atoms with Gasteiger partial charge in [-0.2, -0.15) is 0 Å². The molecular weight excluding hydrogens is 660 g/mol. The van der Waals surface area contributed by atoms with Crippen LogP contribution in [0.1, 0.15) is 61.1 Å². The largest absolute Gasteiger partial charge is 0.493 e. The third-order valence-electron chi connectivity index (χ3n) is 8.72. The van der Waals surface area contributed by atoms with Gasteiger partial charge >= 0.3 is 5.97 Å². The summed E-state index contributed by atoms with van der Waals surface area (Å²) in [5.74, 6) is -1.14. The van der Waals surface area contributed by atoms with Gasteiger partial charge in [-0.25, -0.2) is 4.79 Å². The monoisotopic (exact) mass is 698 g/mol. The number of carbonyl (C=O) groups is 5. The highest BCUT2D eigenvalue weighted by Crippen LogP contribution is 2.38. The van der Waals surface area contributed by atoms with E-state index in [2.05, 4.69) is 20.9 Å². The van der Waals surface area contributed by atoms with Crippen molar-refractivity contribution < 1.29 is 38.2 Å². The molecule has 5 heterocycles. The number of hydrogen-bond donors (Lipinski definition) is 3. The van der Waals surface area contributed by atoms with E-state index in [0.29, 0.717) is 46.4 Å². The Kier molecular flexibility index (Phi) is 9.66. The number of aromatic nitrogens is 3. The summed E-state index contributed by atoms with van der Waals surface area (Å²) >= 11 is 0. The van der Waals surface area contributed by atoms with Gasteiger partial charge < -0.3 is 48.8 Å². The van der Waals surface area contributed by atoms with Crippen LogP contribution in [-0.4, -0.2) is 87.8 Å². The van der Waals surface area contributed by atoms with E-state index >= 15 is 0 Å².